The number of halogens is 3. The van der Waals surface area contributed by atoms with Gasteiger partial charge in [-0.2, -0.15) is 0 Å². The van der Waals surface area contributed by atoms with Crippen molar-refractivity contribution in [1.82, 2.24) is 0 Å². The highest BCUT2D eigenvalue weighted by molar-refractivity contribution is 6.42. The number of ether oxygens (including phenoxy) is 2. The molecule has 0 aromatic heterocycles. The molecule has 0 aliphatic carbocycles. The van der Waals surface area contributed by atoms with Gasteiger partial charge in [-0.05, 0) is 30.7 Å². The average molecular weight is 417 g/mol. The van der Waals surface area contributed by atoms with E-state index in [0.717, 1.165) is 5.75 Å². The van der Waals surface area contributed by atoms with E-state index in [1.165, 1.54) is 12.1 Å². The lowest BCUT2D eigenvalue weighted by atomic mass is 10.3. The van der Waals surface area contributed by atoms with Crippen molar-refractivity contribution in [1.29, 1.82) is 0 Å². The molecular weight excluding hydrogens is 401 g/mol. The van der Waals surface area contributed by atoms with Gasteiger partial charge in [-0.15, -0.1) is 0 Å². The zero-order chi connectivity index (χ0) is 18.9. The van der Waals surface area contributed by atoms with Gasteiger partial charge in [0.25, 0.3) is 5.91 Å². The van der Waals surface area contributed by atoms with Crippen LogP contribution in [0.1, 0.15) is 12.8 Å². The van der Waals surface area contributed by atoms with Crippen LogP contribution in [-0.4, -0.2) is 25.1 Å². The lowest BCUT2D eigenvalue weighted by molar-refractivity contribution is -0.147. The molecular formula is C18H16Cl3NO4. The maximum absolute atomic E-state index is 11.9. The van der Waals surface area contributed by atoms with Crippen LogP contribution < -0.4 is 10.1 Å². The Morgan fingerprint density at radius 1 is 1.00 bits per heavy atom. The predicted molar refractivity (Wildman–Crippen MR) is 102 cm³/mol. The maximum atomic E-state index is 11.9. The van der Waals surface area contributed by atoms with Crippen LogP contribution in [0.2, 0.25) is 15.1 Å². The minimum Gasteiger partial charge on any atom is -0.494 e. The van der Waals surface area contributed by atoms with Crippen LogP contribution in [0.5, 0.6) is 5.75 Å². The van der Waals surface area contributed by atoms with Gasteiger partial charge in [0, 0.05) is 11.4 Å². The number of carbonyl (C=O) groups is 2. The predicted octanol–water partition coefficient (Wildman–Crippen LogP) is 4.99. The normalized spacial score (nSPS) is 10.3. The monoisotopic (exact) mass is 415 g/mol. The summed E-state index contributed by atoms with van der Waals surface area (Å²) in [5.41, 5.74) is 0.218. The number of hydrogen-bond donors (Lipinski definition) is 1. The Kier molecular flexibility index (Phi) is 8.04. The molecule has 0 spiro atoms. The van der Waals surface area contributed by atoms with Crippen molar-refractivity contribution >= 4 is 52.4 Å². The largest absolute Gasteiger partial charge is 0.494 e. The number of carbonyl (C=O) groups excluding carboxylic acids is 2. The molecule has 0 radical (unpaired) electrons. The smallest absolute Gasteiger partial charge is 0.306 e. The second kappa shape index (κ2) is 10.3. The summed E-state index contributed by atoms with van der Waals surface area (Å²) in [5.74, 6) is -0.313. The zero-order valence-electron chi connectivity index (χ0n) is 13.6. The quantitative estimate of drug-likeness (QED) is 0.486. The van der Waals surface area contributed by atoms with Crippen LogP contribution in [0.4, 0.5) is 5.69 Å². The first kappa shape index (κ1) is 20.4. The summed E-state index contributed by atoms with van der Waals surface area (Å²) in [6.45, 7) is -0.0606. The minimum atomic E-state index is -0.551. The van der Waals surface area contributed by atoms with Gasteiger partial charge in [0.1, 0.15) is 5.75 Å². The summed E-state index contributed by atoms with van der Waals surface area (Å²) in [6.07, 6.45) is 0.618. The molecule has 0 atom stereocenters. The molecule has 0 fully saturated rings. The molecule has 138 valence electrons. The number of anilines is 1. The first-order chi connectivity index (χ1) is 12.5. The van der Waals surface area contributed by atoms with Crippen LogP contribution in [0.25, 0.3) is 0 Å². The molecule has 0 aliphatic heterocycles. The van der Waals surface area contributed by atoms with Gasteiger partial charge in [-0.3, -0.25) is 9.59 Å². The van der Waals surface area contributed by atoms with Crippen molar-refractivity contribution < 1.29 is 19.1 Å². The fourth-order valence-electron chi connectivity index (χ4n) is 1.98. The summed E-state index contributed by atoms with van der Waals surface area (Å²) < 4.78 is 10.4. The Balaban J connectivity index is 1.68. The van der Waals surface area contributed by atoms with Crippen molar-refractivity contribution in [3.05, 3.63) is 57.5 Å². The van der Waals surface area contributed by atoms with Crippen molar-refractivity contribution in [3.8, 4) is 5.75 Å². The van der Waals surface area contributed by atoms with Crippen LogP contribution in [0.3, 0.4) is 0 Å². The molecule has 0 saturated heterocycles. The van der Waals surface area contributed by atoms with Gasteiger partial charge in [0.15, 0.2) is 6.61 Å². The van der Waals surface area contributed by atoms with Crippen LogP contribution in [0, 0.1) is 0 Å². The summed E-state index contributed by atoms with van der Waals surface area (Å²) in [5, 5.41) is 3.22. The molecule has 8 heteroatoms. The maximum Gasteiger partial charge on any atom is 0.306 e. The highest BCUT2D eigenvalue weighted by atomic mass is 35.5. The van der Waals surface area contributed by atoms with Crippen molar-refractivity contribution in [2.24, 2.45) is 0 Å². The first-order valence-corrected chi connectivity index (χ1v) is 8.87. The van der Waals surface area contributed by atoms with E-state index in [0.29, 0.717) is 18.1 Å². The highest BCUT2D eigenvalue weighted by Gasteiger charge is 2.13. The van der Waals surface area contributed by atoms with Crippen molar-refractivity contribution in [2.45, 2.75) is 12.8 Å². The lowest BCUT2D eigenvalue weighted by Crippen LogP contribution is -2.21. The Morgan fingerprint density at radius 2 is 1.65 bits per heavy atom. The fraction of sp³-hybridized carbons (Fsp3) is 0.222. The Labute approximate surface area is 166 Å². The third kappa shape index (κ3) is 6.75. The third-order valence-electron chi connectivity index (χ3n) is 3.17. The van der Waals surface area contributed by atoms with Gasteiger partial charge in [-0.25, -0.2) is 0 Å². The molecule has 2 aromatic carbocycles. The number of benzene rings is 2. The van der Waals surface area contributed by atoms with Crippen LogP contribution in [-0.2, 0) is 14.3 Å². The summed E-state index contributed by atoms with van der Waals surface area (Å²) in [4.78, 5) is 23.5. The number of nitrogens with one attached hydrogen (secondary N) is 1. The Bertz CT molecular complexity index is 745. The molecule has 0 saturated carbocycles. The molecule has 0 aliphatic rings. The van der Waals surface area contributed by atoms with Gasteiger partial charge in [0.05, 0.1) is 22.3 Å². The van der Waals surface area contributed by atoms with E-state index in [4.69, 9.17) is 44.3 Å². The average Bonchev–Trinajstić information content (AvgIpc) is 2.61. The molecule has 0 heterocycles. The highest BCUT2D eigenvalue weighted by Crippen LogP contribution is 2.33. The van der Waals surface area contributed by atoms with Crippen LogP contribution >= 0.6 is 34.8 Å². The van der Waals surface area contributed by atoms with E-state index in [2.05, 4.69) is 5.32 Å². The molecule has 0 bridgehead atoms. The Morgan fingerprint density at radius 3 is 2.31 bits per heavy atom. The van der Waals surface area contributed by atoms with Crippen molar-refractivity contribution in [2.75, 3.05) is 18.5 Å². The number of para-hydroxylation sites is 1. The Hall–Kier alpha value is -1.95. The van der Waals surface area contributed by atoms with E-state index in [1.807, 2.05) is 30.3 Å². The second-order valence-electron chi connectivity index (χ2n) is 5.22. The minimum absolute atomic E-state index is 0.141. The fourth-order valence-corrected chi connectivity index (χ4v) is 2.89. The van der Waals surface area contributed by atoms with Gasteiger partial charge >= 0.3 is 5.97 Å². The van der Waals surface area contributed by atoms with E-state index >= 15 is 0 Å². The molecule has 2 aromatic rings. The van der Waals surface area contributed by atoms with Crippen LogP contribution in [0.15, 0.2) is 42.5 Å². The van der Waals surface area contributed by atoms with Gasteiger partial charge in [0.2, 0.25) is 0 Å². The van der Waals surface area contributed by atoms with Crippen molar-refractivity contribution in [3.63, 3.8) is 0 Å². The van der Waals surface area contributed by atoms with Gasteiger partial charge < -0.3 is 14.8 Å². The zero-order valence-corrected chi connectivity index (χ0v) is 15.9. The lowest BCUT2D eigenvalue weighted by Gasteiger charge is -2.10. The molecule has 1 N–H and O–H groups in total. The molecule has 1 amide bonds. The summed E-state index contributed by atoms with van der Waals surface area (Å²) in [7, 11) is 0. The topological polar surface area (TPSA) is 64.6 Å². The van der Waals surface area contributed by atoms with Gasteiger partial charge in [-0.1, -0.05) is 53.0 Å². The molecule has 26 heavy (non-hydrogen) atoms. The standard InChI is InChI=1S/C18H16Cl3NO4/c19-12-9-14(20)18(15(21)10-12)22-16(23)11-26-17(24)7-4-8-25-13-5-2-1-3-6-13/h1-3,5-6,9-10H,4,7-8,11H2,(H,22,23). The SMILES string of the molecule is O=C(COC(=O)CCCOc1ccccc1)Nc1c(Cl)cc(Cl)cc1Cl. The van der Waals surface area contributed by atoms with E-state index in [1.54, 1.807) is 0 Å². The number of esters is 1. The van der Waals surface area contributed by atoms with E-state index < -0.39 is 18.5 Å². The summed E-state index contributed by atoms with van der Waals surface area (Å²) >= 11 is 17.7. The second-order valence-corrected chi connectivity index (χ2v) is 6.47. The third-order valence-corrected chi connectivity index (χ3v) is 3.99. The molecule has 2 rings (SSSR count). The summed E-state index contributed by atoms with van der Waals surface area (Å²) in [6, 6.07) is 12.2. The van der Waals surface area contributed by atoms with E-state index in [9.17, 15) is 9.59 Å². The number of rotatable bonds is 8. The molecule has 5 nitrogen and oxygen atoms in total. The number of amides is 1. The van der Waals surface area contributed by atoms with E-state index in [-0.39, 0.29) is 22.2 Å². The number of hydrogen-bond acceptors (Lipinski definition) is 4. The first-order valence-electron chi connectivity index (χ1n) is 7.73. The molecule has 0 unspecified atom stereocenters.